The molecule has 0 radical (unpaired) electrons. The van der Waals surface area contributed by atoms with Crippen LogP contribution in [0.25, 0.3) is 0 Å². The zero-order chi connectivity index (χ0) is 13.8. The first-order chi connectivity index (χ1) is 9.15. The van der Waals surface area contributed by atoms with E-state index in [9.17, 15) is 0 Å². The van der Waals surface area contributed by atoms with Crippen molar-refractivity contribution >= 4 is 5.69 Å². The average molecular weight is 263 g/mol. The van der Waals surface area contributed by atoms with Crippen molar-refractivity contribution in [3.63, 3.8) is 0 Å². The lowest BCUT2D eigenvalue weighted by Gasteiger charge is -2.45. The molecule has 4 heteroatoms. The van der Waals surface area contributed by atoms with Gasteiger partial charge in [0.15, 0.2) is 0 Å². The SMILES string of the molecule is CCOc1ccc(N2C(C)CN(C)CC2CN)cc1. The third kappa shape index (κ3) is 3.19. The predicted octanol–water partition coefficient (Wildman–Crippen LogP) is 1.55. The second-order valence-electron chi connectivity index (χ2n) is 5.29. The molecule has 0 bridgehead atoms. The van der Waals surface area contributed by atoms with Crippen molar-refractivity contribution in [3.8, 4) is 5.75 Å². The highest BCUT2D eigenvalue weighted by molar-refractivity contribution is 5.51. The Kier molecular flexibility index (Phi) is 4.66. The van der Waals surface area contributed by atoms with Crippen molar-refractivity contribution in [2.45, 2.75) is 25.9 Å². The van der Waals surface area contributed by atoms with E-state index in [4.69, 9.17) is 10.5 Å². The van der Waals surface area contributed by atoms with Crippen molar-refractivity contribution in [2.75, 3.05) is 38.2 Å². The summed E-state index contributed by atoms with van der Waals surface area (Å²) in [5.41, 5.74) is 7.18. The predicted molar refractivity (Wildman–Crippen MR) is 79.9 cm³/mol. The molecule has 2 N–H and O–H groups in total. The van der Waals surface area contributed by atoms with Crippen molar-refractivity contribution < 1.29 is 4.74 Å². The van der Waals surface area contributed by atoms with E-state index >= 15 is 0 Å². The smallest absolute Gasteiger partial charge is 0.119 e. The van der Waals surface area contributed by atoms with E-state index in [1.807, 2.05) is 19.1 Å². The summed E-state index contributed by atoms with van der Waals surface area (Å²) in [5.74, 6) is 0.928. The summed E-state index contributed by atoms with van der Waals surface area (Å²) in [5, 5.41) is 0. The number of rotatable bonds is 4. The molecule has 1 heterocycles. The molecule has 1 fully saturated rings. The fourth-order valence-corrected chi connectivity index (χ4v) is 2.96. The largest absolute Gasteiger partial charge is 0.494 e. The quantitative estimate of drug-likeness (QED) is 0.895. The molecule has 0 amide bonds. The number of hydrogen-bond acceptors (Lipinski definition) is 4. The van der Waals surface area contributed by atoms with Crippen molar-refractivity contribution in [1.29, 1.82) is 0 Å². The summed E-state index contributed by atoms with van der Waals surface area (Å²) >= 11 is 0. The number of benzene rings is 1. The first kappa shape index (κ1) is 14.2. The monoisotopic (exact) mass is 263 g/mol. The van der Waals surface area contributed by atoms with Gasteiger partial charge in [-0.05, 0) is 45.2 Å². The molecule has 2 atom stereocenters. The number of likely N-dealkylation sites (N-methyl/N-ethyl adjacent to an activating group) is 1. The molecule has 2 unspecified atom stereocenters. The van der Waals surface area contributed by atoms with Gasteiger partial charge in [0.25, 0.3) is 0 Å². The van der Waals surface area contributed by atoms with Crippen LogP contribution >= 0.6 is 0 Å². The normalized spacial score (nSPS) is 24.5. The number of anilines is 1. The lowest BCUT2D eigenvalue weighted by molar-refractivity contribution is 0.235. The van der Waals surface area contributed by atoms with Gasteiger partial charge in [0.2, 0.25) is 0 Å². The minimum Gasteiger partial charge on any atom is -0.494 e. The average Bonchev–Trinajstić information content (AvgIpc) is 2.39. The first-order valence-electron chi connectivity index (χ1n) is 7.05. The number of hydrogen-bond donors (Lipinski definition) is 1. The standard InChI is InChI=1S/C15H25N3O/c1-4-19-15-7-5-13(6-8-15)18-12(2)10-17(3)11-14(18)9-16/h5-8,12,14H,4,9-11,16H2,1-3H3. The van der Waals surface area contributed by atoms with E-state index in [0.29, 0.717) is 25.2 Å². The molecule has 1 aromatic rings. The van der Waals surface area contributed by atoms with Crippen LogP contribution in [0.4, 0.5) is 5.69 Å². The summed E-state index contributed by atoms with van der Waals surface area (Å²) in [6.07, 6.45) is 0. The maximum Gasteiger partial charge on any atom is 0.119 e. The molecule has 0 spiro atoms. The molecule has 0 saturated carbocycles. The van der Waals surface area contributed by atoms with Gasteiger partial charge < -0.3 is 20.3 Å². The molecule has 4 nitrogen and oxygen atoms in total. The second-order valence-corrected chi connectivity index (χ2v) is 5.29. The van der Waals surface area contributed by atoms with Gasteiger partial charge in [-0.25, -0.2) is 0 Å². The van der Waals surface area contributed by atoms with Crippen LogP contribution in [0.3, 0.4) is 0 Å². The van der Waals surface area contributed by atoms with Crippen LogP contribution in [0.2, 0.25) is 0 Å². The van der Waals surface area contributed by atoms with E-state index in [0.717, 1.165) is 18.8 Å². The van der Waals surface area contributed by atoms with Gasteiger partial charge in [-0.3, -0.25) is 0 Å². The summed E-state index contributed by atoms with van der Waals surface area (Å²) in [6.45, 7) is 7.74. The fraction of sp³-hybridized carbons (Fsp3) is 0.600. The molecular weight excluding hydrogens is 238 g/mol. The molecule has 106 valence electrons. The first-order valence-corrected chi connectivity index (χ1v) is 7.05. The molecule has 1 aromatic carbocycles. The van der Waals surface area contributed by atoms with Gasteiger partial charge in [0.05, 0.1) is 12.6 Å². The van der Waals surface area contributed by atoms with Crippen LogP contribution < -0.4 is 15.4 Å². The maximum atomic E-state index is 5.94. The van der Waals surface area contributed by atoms with Crippen molar-refractivity contribution in [1.82, 2.24) is 4.90 Å². The summed E-state index contributed by atoms with van der Waals surface area (Å²) in [7, 11) is 2.16. The van der Waals surface area contributed by atoms with Gasteiger partial charge in [-0.1, -0.05) is 0 Å². The number of piperazine rings is 1. The number of nitrogens with zero attached hydrogens (tertiary/aromatic N) is 2. The van der Waals surface area contributed by atoms with Gasteiger partial charge in [-0.2, -0.15) is 0 Å². The number of nitrogens with two attached hydrogens (primary N) is 1. The highest BCUT2D eigenvalue weighted by Gasteiger charge is 2.29. The molecule has 0 aliphatic carbocycles. The molecular formula is C15H25N3O. The molecule has 19 heavy (non-hydrogen) atoms. The van der Waals surface area contributed by atoms with Gasteiger partial charge >= 0.3 is 0 Å². The lowest BCUT2D eigenvalue weighted by atomic mass is 10.1. The van der Waals surface area contributed by atoms with Crippen molar-refractivity contribution in [3.05, 3.63) is 24.3 Å². The lowest BCUT2D eigenvalue weighted by Crippen LogP contribution is -2.59. The maximum absolute atomic E-state index is 5.94. The fourth-order valence-electron chi connectivity index (χ4n) is 2.96. The van der Waals surface area contributed by atoms with E-state index in [-0.39, 0.29) is 0 Å². The van der Waals surface area contributed by atoms with Gasteiger partial charge in [0, 0.05) is 31.4 Å². The van der Waals surface area contributed by atoms with Crippen LogP contribution in [0, 0.1) is 0 Å². The Morgan fingerprint density at radius 3 is 2.53 bits per heavy atom. The highest BCUT2D eigenvalue weighted by Crippen LogP contribution is 2.26. The Bertz CT molecular complexity index is 393. The Labute approximate surface area is 116 Å². The van der Waals surface area contributed by atoms with E-state index in [1.54, 1.807) is 0 Å². The Morgan fingerprint density at radius 1 is 1.26 bits per heavy atom. The number of ether oxygens (including phenoxy) is 1. The van der Waals surface area contributed by atoms with E-state index < -0.39 is 0 Å². The Hall–Kier alpha value is -1.26. The van der Waals surface area contributed by atoms with E-state index in [2.05, 4.69) is 35.9 Å². The third-order valence-corrected chi connectivity index (χ3v) is 3.68. The van der Waals surface area contributed by atoms with Crippen LogP contribution in [0.1, 0.15) is 13.8 Å². The third-order valence-electron chi connectivity index (χ3n) is 3.68. The Balaban J connectivity index is 2.17. The summed E-state index contributed by atoms with van der Waals surface area (Å²) < 4.78 is 5.49. The molecule has 1 aliphatic rings. The van der Waals surface area contributed by atoms with Gasteiger partial charge in [0.1, 0.15) is 5.75 Å². The molecule has 1 saturated heterocycles. The van der Waals surface area contributed by atoms with Crippen LogP contribution in [-0.2, 0) is 0 Å². The van der Waals surface area contributed by atoms with Crippen molar-refractivity contribution in [2.24, 2.45) is 5.73 Å². The zero-order valence-electron chi connectivity index (χ0n) is 12.2. The Morgan fingerprint density at radius 2 is 1.95 bits per heavy atom. The van der Waals surface area contributed by atoms with Crippen LogP contribution in [0.5, 0.6) is 5.75 Å². The van der Waals surface area contributed by atoms with Crippen LogP contribution in [0.15, 0.2) is 24.3 Å². The van der Waals surface area contributed by atoms with Crippen LogP contribution in [-0.4, -0.2) is 50.3 Å². The van der Waals surface area contributed by atoms with E-state index in [1.165, 1.54) is 5.69 Å². The topological polar surface area (TPSA) is 41.7 Å². The minimum absolute atomic E-state index is 0.381. The molecule has 0 aromatic heterocycles. The summed E-state index contributed by atoms with van der Waals surface area (Å²) in [4.78, 5) is 4.79. The zero-order valence-corrected chi connectivity index (χ0v) is 12.2. The highest BCUT2D eigenvalue weighted by atomic mass is 16.5. The summed E-state index contributed by atoms with van der Waals surface area (Å²) in [6, 6.07) is 9.21. The minimum atomic E-state index is 0.381. The molecule has 2 rings (SSSR count). The molecule has 1 aliphatic heterocycles. The second kappa shape index (κ2) is 6.26. The van der Waals surface area contributed by atoms with Gasteiger partial charge in [-0.15, -0.1) is 0 Å².